The number of fused-ring (bicyclic) bond motifs is 1. The zero-order chi connectivity index (χ0) is 21.4. The number of aliphatic hydroxyl groups excluding tert-OH is 1. The molecule has 0 unspecified atom stereocenters. The Labute approximate surface area is 178 Å². The molecule has 2 atom stereocenters. The van der Waals surface area contributed by atoms with Crippen LogP contribution in [0.5, 0.6) is 0 Å². The van der Waals surface area contributed by atoms with Crippen molar-refractivity contribution in [2.45, 2.75) is 44.8 Å². The monoisotopic (exact) mass is 417 g/mol. The molecule has 1 aliphatic rings. The molecule has 0 amide bonds. The average molecular weight is 417 g/mol. The van der Waals surface area contributed by atoms with Gasteiger partial charge in [-0.15, -0.1) is 5.10 Å². The van der Waals surface area contributed by atoms with Crippen molar-refractivity contribution in [1.82, 2.24) is 34.9 Å². The van der Waals surface area contributed by atoms with E-state index >= 15 is 0 Å². The molecule has 10 nitrogen and oxygen atoms in total. The number of nitrogens with one attached hydrogen (secondary N) is 1. The first-order chi connectivity index (χ1) is 15.1. The van der Waals surface area contributed by atoms with Crippen molar-refractivity contribution in [3.63, 3.8) is 0 Å². The third-order valence-corrected chi connectivity index (χ3v) is 5.57. The van der Waals surface area contributed by atoms with Gasteiger partial charge in [-0.2, -0.15) is 10.2 Å². The highest BCUT2D eigenvalue weighted by atomic mass is 16.3. The van der Waals surface area contributed by atoms with Gasteiger partial charge in [0.15, 0.2) is 11.6 Å². The van der Waals surface area contributed by atoms with E-state index in [2.05, 4.69) is 25.6 Å². The highest BCUT2D eigenvalue weighted by Crippen LogP contribution is 2.31. The van der Waals surface area contributed by atoms with Crippen LogP contribution in [-0.4, -0.2) is 52.2 Å². The summed E-state index contributed by atoms with van der Waals surface area (Å²) in [6.45, 7) is 2.03. The molecule has 0 spiro atoms. The Hall–Kier alpha value is -3.66. The maximum absolute atomic E-state index is 9.88. The van der Waals surface area contributed by atoms with E-state index in [-0.39, 0.29) is 12.1 Å². The number of nitrogens with two attached hydrogens (primary N) is 1. The Morgan fingerprint density at radius 1 is 1.23 bits per heavy atom. The number of aliphatic hydroxyl groups is 1. The van der Waals surface area contributed by atoms with Crippen molar-refractivity contribution in [3.8, 4) is 16.9 Å². The van der Waals surface area contributed by atoms with Gasteiger partial charge in [0.2, 0.25) is 0 Å². The van der Waals surface area contributed by atoms with Gasteiger partial charge in [0.05, 0.1) is 18.0 Å². The van der Waals surface area contributed by atoms with Crippen LogP contribution in [0.25, 0.3) is 28.0 Å². The lowest BCUT2D eigenvalue weighted by molar-refractivity contribution is 0.182. The molecule has 4 heterocycles. The second-order valence-electron chi connectivity index (χ2n) is 7.69. The van der Waals surface area contributed by atoms with Gasteiger partial charge < -0.3 is 16.2 Å². The third-order valence-electron chi connectivity index (χ3n) is 5.57. The fourth-order valence-corrected chi connectivity index (χ4v) is 3.95. The zero-order valence-electron chi connectivity index (χ0n) is 17.1. The predicted octanol–water partition coefficient (Wildman–Crippen LogP) is 2.14. The zero-order valence-corrected chi connectivity index (χ0v) is 17.1. The van der Waals surface area contributed by atoms with Gasteiger partial charge in [-0.1, -0.05) is 6.92 Å². The fraction of sp³-hybridized carbons (Fsp3) is 0.333. The molecule has 0 aliphatic heterocycles. The Bertz CT molecular complexity index is 1220. The number of anilines is 2. The van der Waals surface area contributed by atoms with E-state index in [0.717, 1.165) is 35.5 Å². The van der Waals surface area contributed by atoms with Crippen LogP contribution in [0, 0.1) is 0 Å². The van der Waals surface area contributed by atoms with Crippen molar-refractivity contribution in [3.05, 3.63) is 42.6 Å². The Morgan fingerprint density at radius 2 is 2.13 bits per heavy atom. The maximum atomic E-state index is 9.88. The number of aromatic nitrogens is 7. The average Bonchev–Trinajstić information content (AvgIpc) is 3.44. The van der Waals surface area contributed by atoms with Crippen molar-refractivity contribution in [2.24, 2.45) is 0 Å². The SMILES string of the molecule is CCc1nc2c(N)ncc(-c3cnn(-c4cccnn4)c3)c2nc1N[C@@H]1CC[C@H](O)C1. The minimum atomic E-state index is -0.265. The normalized spacial score (nSPS) is 18.5. The van der Waals surface area contributed by atoms with Crippen LogP contribution in [0.2, 0.25) is 0 Å². The topological polar surface area (TPSA) is 141 Å². The maximum Gasteiger partial charge on any atom is 0.175 e. The third kappa shape index (κ3) is 3.66. The lowest BCUT2D eigenvalue weighted by Gasteiger charge is -2.17. The fourth-order valence-electron chi connectivity index (χ4n) is 3.95. The number of hydrogen-bond acceptors (Lipinski definition) is 9. The smallest absolute Gasteiger partial charge is 0.175 e. The van der Waals surface area contributed by atoms with E-state index < -0.39 is 0 Å². The Balaban J connectivity index is 1.59. The number of pyridine rings is 1. The summed E-state index contributed by atoms with van der Waals surface area (Å²) in [7, 11) is 0. The van der Waals surface area contributed by atoms with Gasteiger partial charge in [0, 0.05) is 35.8 Å². The van der Waals surface area contributed by atoms with Gasteiger partial charge in [0.1, 0.15) is 16.9 Å². The quantitative estimate of drug-likeness (QED) is 0.445. The van der Waals surface area contributed by atoms with Crippen LogP contribution in [0.3, 0.4) is 0 Å². The molecule has 1 fully saturated rings. The van der Waals surface area contributed by atoms with Gasteiger partial charge in [0.25, 0.3) is 0 Å². The predicted molar refractivity (Wildman–Crippen MR) is 117 cm³/mol. The molecule has 10 heteroatoms. The summed E-state index contributed by atoms with van der Waals surface area (Å²) >= 11 is 0. The number of rotatable bonds is 5. The second-order valence-corrected chi connectivity index (χ2v) is 7.69. The summed E-state index contributed by atoms with van der Waals surface area (Å²) in [6, 6.07) is 3.81. The molecule has 0 bridgehead atoms. The molecule has 4 aromatic heterocycles. The van der Waals surface area contributed by atoms with Crippen molar-refractivity contribution in [1.29, 1.82) is 0 Å². The first-order valence-electron chi connectivity index (χ1n) is 10.3. The molecule has 1 aliphatic carbocycles. The summed E-state index contributed by atoms with van der Waals surface area (Å²) in [4.78, 5) is 14.0. The molecule has 0 radical (unpaired) electrons. The minimum absolute atomic E-state index is 0.175. The van der Waals surface area contributed by atoms with E-state index in [1.165, 1.54) is 0 Å². The number of nitrogens with zero attached hydrogens (tertiary/aromatic N) is 7. The Morgan fingerprint density at radius 3 is 2.87 bits per heavy atom. The second kappa shape index (κ2) is 7.88. The molecule has 5 rings (SSSR count). The Kier molecular flexibility index (Phi) is 4.91. The molecular formula is C21H23N9O. The number of nitrogen functional groups attached to an aromatic ring is 1. The van der Waals surface area contributed by atoms with Crippen LogP contribution in [-0.2, 0) is 6.42 Å². The molecule has 1 saturated carbocycles. The summed E-state index contributed by atoms with van der Waals surface area (Å²) in [5, 5.41) is 25.8. The minimum Gasteiger partial charge on any atom is -0.393 e. The van der Waals surface area contributed by atoms with Gasteiger partial charge >= 0.3 is 0 Å². The molecule has 4 aromatic rings. The molecule has 4 N–H and O–H groups in total. The van der Waals surface area contributed by atoms with Gasteiger partial charge in [-0.3, -0.25) is 0 Å². The first-order valence-corrected chi connectivity index (χ1v) is 10.3. The van der Waals surface area contributed by atoms with Crippen molar-refractivity contribution >= 4 is 22.7 Å². The van der Waals surface area contributed by atoms with Crippen LogP contribution < -0.4 is 11.1 Å². The van der Waals surface area contributed by atoms with Crippen LogP contribution >= 0.6 is 0 Å². The van der Waals surface area contributed by atoms with E-state index in [0.29, 0.717) is 35.5 Å². The van der Waals surface area contributed by atoms with E-state index in [1.807, 2.05) is 19.2 Å². The molecule has 158 valence electrons. The van der Waals surface area contributed by atoms with E-state index in [4.69, 9.17) is 15.7 Å². The van der Waals surface area contributed by atoms with Crippen molar-refractivity contribution in [2.75, 3.05) is 11.1 Å². The molecule has 0 aromatic carbocycles. The largest absolute Gasteiger partial charge is 0.393 e. The number of aryl methyl sites for hydroxylation is 1. The molecule has 31 heavy (non-hydrogen) atoms. The van der Waals surface area contributed by atoms with Crippen molar-refractivity contribution < 1.29 is 5.11 Å². The lowest BCUT2D eigenvalue weighted by Crippen LogP contribution is -2.19. The van der Waals surface area contributed by atoms with Crippen LogP contribution in [0.1, 0.15) is 31.9 Å². The summed E-state index contributed by atoms with van der Waals surface area (Å²) < 4.78 is 1.65. The summed E-state index contributed by atoms with van der Waals surface area (Å²) in [6.07, 6.45) is 9.74. The summed E-state index contributed by atoms with van der Waals surface area (Å²) in [5.41, 5.74) is 9.81. The molecule has 0 saturated heterocycles. The standard InChI is InChI=1S/C21H23N9O/c1-2-16-21(26-13-5-6-14(31)8-13)28-18-15(10-23-20(22)19(18)27-16)12-9-25-30(11-12)17-4-3-7-24-29-17/h3-4,7,9-11,13-14,31H,2,5-6,8H2,1H3,(H2,22,23)(H,26,28)/t13-,14+/m1/s1. The number of hydrogen-bond donors (Lipinski definition) is 3. The first kappa shape index (κ1) is 19.3. The van der Waals surface area contributed by atoms with Gasteiger partial charge in [-0.05, 0) is 37.8 Å². The summed E-state index contributed by atoms with van der Waals surface area (Å²) in [5.74, 6) is 1.68. The van der Waals surface area contributed by atoms with Crippen LogP contribution in [0.15, 0.2) is 36.9 Å². The lowest BCUT2D eigenvalue weighted by atomic mass is 10.1. The van der Waals surface area contributed by atoms with E-state index in [1.54, 1.807) is 29.3 Å². The highest BCUT2D eigenvalue weighted by Gasteiger charge is 2.24. The highest BCUT2D eigenvalue weighted by molar-refractivity contribution is 5.96. The van der Waals surface area contributed by atoms with Crippen LogP contribution in [0.4, 0.5) is 11.6 Å². The van der Waals surface area contributed by atoms with Gasteiger partial charge in [-0.25, -0.2) is 19.6 Å². The molecular weight excluding hydrogens is 394 g/mol. The van der Waals surface area contributed by atoms with E-state index in [9.17, 15) is 5.11 Å².